The third-order valence-corrected chi connectivity index (χ3v) is 6.33. The Morgan fingerprint density at radius 3 is 1.79 bits per heavy atom. The standard InChI is InChI=1S/C28H20ClN3S/c1-33-25-18-23(15-16-24(25)20-11-6-3-7-12-20)27-30-26(31-28(29)32-27)22-14-8-13-21(17-22)19-9-4-2-5-10-19/h2-18H,1H3. The van der Waals surface area contributed by atoms with E-state index >= 15 is 0 Å². The van der Waals surface area contributed by atoms with Gasteiger partial charge in [0.1, 0.15) is 0 Å². The molecule has 0 fully saturated rings. The smallest absolute Gasteiger partial charge is 0.208 e. The monoisotopic (exact) mass is 465 g/mol. The van der Waals surface area contributed by atoms with Crippen LogP contribution in [0.25, 0.3) is 45.0 Å². The molecule has 0 saturated heterocycles. The Morgan fingerprint density at radius 1 is 0.545 bits per heavy atom. The molecule has 0 atom stereocenters. The van der Waals surface area contributed by atoms with Crippen LogP contribution >= 0.6 is 23.4 Å². The Labute approximate surface area is 202 Å². The highest BCUT2D eigenvalue weighted by Crippen LogP contribution is 2.34. The fourth-order valence-electron chi connectivity index (χ4n) is 3.76. The van der Waals surface area contributed by atoms with Crippen molar-refractivity contribution in [1.82, 2.24) is 15.0 Å². The number of nitrogens with zero attached hydrogens (tertiary/aromatic N) is 3. The summed E-state index contributed by atoms with van der Waals surface area (Å²) in [5.41, 5.74) is 6.41. The van der Waals surface area contributed by atoms with Crippen molar-refractivity contribution in [1.29, 1.82) is 0 Å². The summed E-state index contributed by atoms with van der Waals surface area (Å²) in [7, 11) is 0. The molecule has 3 nitrogen and oxygen atoms in total. The van der Waals surface area contributed by atoms with Crippen LogP contribution in [-0.2, 0) is 0 Å². The molecule has 160 valence electrons. The minimum atomic E-state index is 0.179. The molecule has 0 unspecified atom stereocenters. The van der Waals surface area contributed by atoms with Crippen LogP contribution in [0, 0.1) is 0 Å². The van der Waals surface area contributed by atoms with Gasteiger partial charge in [0.2, 0.25) is 5.28 Å². The normalized spacial score (nSPS) is 10.8. The third kappa shape index (κ3) is 4.68. The van der Waals surface area contributed by atoms with Crippen molar-refractivity contribution in [3.05, 3.63) is 108 Å². The van der Waals surface area contributed by atoms with E-state index < -0.39 is 0 Å². The van der Waals surface area contributed by atoms with Crippen LogP contribution in [-0.4, -0.2) is 21.2 Å². The van der Waals surface area contributed by atoms with Crippen molar-refractivity contribution >= 4 is 23.4 Å². The van der Waals surface area contributed by atoms with Crippen LogP contribution in [0.4, 0.5) is 0 Å². The summed E-state index contributed by atoms with van der Waals surface area (Å²) in [4.78, 5) is 14.8. The number of thioether (sulfide) groups is 1. The number of benzene rings is 4. The highest BCUT2D eigenvalue weighted by Gasteiger charge is 2.13. The minimum absolute atomic E-state index is 0.179. The van der Waals surface area contributed by atoms with E-state index in [1.54, 1.807) is 11.8 Å². The van der Waals surface area contributed by atoms with Crippen LogP contribution in [0.5, 0.6) is 0 Å². The fraction of sp³-hybridized carbons (Fsp3) is 0.0357. The average Bonchev–Trinajstić information content (AvgIpc) is 2.89. The number of aromatic nitrogens is 3. The highest BCUT2D eigenvalue weighted by molar-refractivity contribution is 7.98. The maximum absolute atomic E-state index is 6.34. The topological polar surface area (TPSA) is 38.7 Å². The molecule has 0 aliphatic rings. The Kier molecular flexibility index (Phi) is 6.20. The molecule has 5 heteroatoms. The molecule has 0 amide bonds. The zero-order chi connectivity index (χ0) is 22.6. The molecule has 5 rings (SSSR count). The van der Waals surface area contributed by atoms with Crippen molar-refractivity contribution in [3.8, 4) is 45.0 Å². The van der Waals surface area contributed by atoms with Crippen molar-refractivity contribution in [2.75, 3.05) is 6.26 Å². The third-order valence-electron chi connectivity index (χ3n) is 5.38. The Bertz CT molecular complexity index is 1410. The van der Waals surface area contributed by atoms with Gasteiger partial charge in [-0.1, -0.05) is 91.0 Å². The first-order valence-electron chi connectivity index (χ1n) is 10.5. The summed E-state index contributed by atoms with van der Waals surface area (Å²) < 4.78 is 0. The summed E-state index contributed by atoms with van der Waals surface area (Å²) in [6.07, 6.45) is 2.08. The summed E-state index contributed by atoms with van der Waals surface area (Å²) >= 11 is 8.04. The van der Waals surface area contributed by atoms with Crippen LogP contribution < -0.4 is 0 Å². The van der Waals surface area contributed by atoms with Crippen LogP contribution in [0.3, 0.4) is 0 Å². The molecule has 0 saturated carbocycles. The van der Waals surface area contributed by atoms with Gasteiger partial charge < -0.3 is 0 Å². The average molecular weight is 466 g/mol. The Morgan fingerprint density at radius 2 is 1.12 bits per heavy atom. The lowest BCUT2D eigenvalue weighted by molar-refractivity contribution is 1.06. The fourth-order valence-corrected chi connectivity index (χ4v) is 4.57. The van der Waals surface area contributed by atoms with E-state index in [1.165, 1.54) is 11.1 Å². The minimum Gasteiger partial charge on any atom is -0.208 e. The number of halogens is 1. The lowest BCUT2D eigenvalue weighted by Gasteiger charge is -2.11. The van der Waals surface area contributed by atoms with E-state index in [1.807, 2.05) is 42.5 Å². The number of hydrogen-bond acceptors (Lipinski definition) is 4. The van der Waals surface area contributed by atoms with E-state index in [9.17, 15) is 0 Å². The van der Waals surface area contributed by atoms with Gasteiger partial charge in [-0.3, -0.25) is 0 Å². The molecule has 0 aliphatic carbocycles. The number of hydrogen-bond donors (Lipinski definition) is 0. The Hall–Kier alpha value is -3.47. The van der Waals surface area contributed by atoms with Crippen LogP contribution in [0.15, 0.2) is 108 Å². The second-order valence-corrected chi connectivity index (χ2v) is 8.67. The van der Waals surface area contributed by atoms with Gasteiger partial charge in [0.25, 0.3) is 0 Å². The van der Waals surface area contributed by atoms with Crippen molar-refractivity contribution in [2.45, 2.75) is 4.90 Å². The molecule has 0 bridgehead atoms. The van der Waals surface area contributed by atoms with Gasteiger partial charge in [-0.15, -0.1) is 11.8 Å². The summed E-state index contributed by atoms with van der Waals surface area (Å²) in [6, 6.07) is 35.0. The molecular formula is C28H20ClN3S. The zero-order valence-electron chi connectivity index (χ0n) is 17.9. The molecule has 0 N–H and O–H groups in total. The van der Waals surface area contributed by atoms with Gasteiger partial charge in [-0.2, -0.15) is 9.97 Å². The summed E-state index contributed by atoms with van der Waals surface area (Å²) in [6.45, 7) is 0. The molecule has 0 aliphatic heterocycles. The maximum atomic E-state index is 6.34. The zero-order valence-corrected chi connectivity index (χ0v) is 19.5. The molecule has 0 spiro atoms. The first-order valence-corrected chi connectivity index (χ1v) is 12.1. The van der Waals surface area contributed by atoms with Crippen LogP contribution in [0.1, 0.15) is 0 Å². The predicted octanol–water partition coefficient (Wildman–Crippen LogP) is 7.91. The molecular weight excluding hydrogens is 446 g/mol. The van der Waals surface area contributed by atoms with E-state index in [2.05, 4.69) is 76.9 Å². The van der Waals surface area contributed by atoms with E-state index in [0.29, 0.717) is 11.6 Å². The molecule has 33 heavy (non-hydrogen) atoms. The second kappa shape index (κ2) is 9.57. The van der Waals surface area contributed by atoms with E-state index in [4.69, 9.17) is 16.6 Å². The lowest BCUT2D eigenvalue weighted by atomic mass is 10.0. The second-order valence-electron chi connectivity index (χ2n) is 7.48. The van der Waals surface area contributed by atoms with Gasteiger partial charge in [-0.25, -0.2) is 4.98 Å². The van der Waals surface area contributed by atoms with E-state index in [-0.39, 0.29) is 5.28 Å². The van der Waals surface area contributed by atoms with Gasteiger partial charge in [-0.05, 0) is 52.2 Å². The Balaban J connectivity index is 1.55. The van der Waals surface area contributed by atoms with Crippen molar-refractivity contribution < 1.29 is 0 Å². The van der Waals surface area contributed by atoms with Gasteiger partial charge in [0.15, 0.2) is 11.6 Å². The largest absolute Gasteiger partial charge is 0.226 e. The summed E-state index contributed by atoms with van der Waals surface area (Å²) in [5, 5.41) is 0.179. The molecule has 5 aromatic rings. The van der Waals surface area contributed by atoms with Crippen LogP contribution in [0.2, 0.25) is 5.28 Å². The first kappa shape index (κ1) is 21.4. The van der Waals surface area contributed by atoms with E-state index in [0.717, 1.165) is 27.1 Å². The number of rotatable bonds is 5. The van der Waals surface area contributed by atoms with Gasteiger partial charge in [0.05, 0.1) is 0 Å². The quantitative estimate of drug-likeness (QED) is 0.247. The highest BCUT2D eigenvalue weighted by atomic mass is 35.5. The maximum Gasteiger partial charge on any atom is 0.226 e. The van der Waals surface area contributed by atoms with Gasteiger partial charge >= 0.3 is 0 Å². The molecule has 1 aromatic heterocycles. The van der Waals surface area contributed by atoms with Crippen molar-refractivity contribution in [3.63, 3.8) is 0 Å². The van der Waals surface area contributed by atoms with Crippen molar-refractivity contribution in [2.24, 2.45) is 0 Å². The molecule has 4 aromatic carbocycles. The SMILES string of the molecule is CSc1cc(-c2nc(Cl)nc(-c3cccc(-c4ccccc4)c3)n2)ccc1-c1ccccc1. The predicted molar refractivity (Wildman–Crippen MR) is 138 cm³/mol. The van der Waals surface area contributed by atoms with Gasteiger partial charge in [0, 0.05) is 16.0 Å². The first-order chi connectivity index (χ1) is 16.2. The molecule has 1 heterocycles. The molecule has 0 radical (unpaired) electrons. The summed E-state index contributed by atoms with van der Waals surface area (Å²) in [5.74, 6) is 1.12. The lowest BCUT2D eigenvalue weighted by Crippen LogP contribution is -1.98.